The van der Waals surface area contributed by atoms with Crippen LogP contribution in [-0.2, 0) is 20.9 Å². The van der Waals surface area contributed by atoms with Gasteiger partial charge in [-0.3, -0.25) is 9.69 Å². The van der Waals surface area contributed by atoms with Crippen LogP contribution in [0, 0.1) is 6.92 Å². The van der Waals surface area contributed by atoms with Crippen LogP contribution in [0.5, 0.6) is 0 Å². The molecule has 1 aromatic rings. The van der Waals surface area contributed by atoms with E-state index in [1.807, 2.05) is 24.1 Å². The summed E-state index contributed by atoms with van der Waals surface area (Å²) in [5.41, 5.74) is 2.44. The van der Waals surface area contributed by atoms with Crippen LogP contribution in [0.25, 0.3) is 0 Å². The Kier molecular flexibility index (Phi) is 6.79. The highest BCUT2D eigenvalue weighted by molar-refractivity contribution is 5.85. The molecule has 0 aromatic heterocycles. The molecular formula is C19H28N2O3. The van der Waals surface area contributed by atoms with E-state index >= 15 is 0 Å². The Labute approximate surface area is 144 Å². The summed E-state index contributed by atoms with van der Waals surface area (Å²) in [7, 11) is 1.94. The lowest BCUT2D eigenvalue weighted by atomic mass is 10.0. The van der Waals surface area contributed by atoms with Crippen molar-refractivity contribution in [2.75, 3.05) is 26.7 Å². The summed E-state index contributed by atoms with van der Waals surface area (Å²) in [6, 6.07) is 7.77. The number of carbonyl (C=O) groups is 2. The number of aryl methyl sites for hydroxylation is 1. The average Bonchev–Trinajstić information content (AvgIpc) is 2.57. The van der Waals surface area contributed by atoms with E-state index in [0.29, 0.717) is 26.1 Å². The molecule has 5 heteroatoms. The molecule has 1 aromatic carbocycles. The van der Waals surface area contributed by atoms with Gasteiger partial charge in [-0.1, -0.05) is 24.3 Å². The second-order valence-electron chi connectivity index (χ2n) is 6.45. The predicted octanol–water partition coefficient (Wildman–Crippen LogP) is 2.37. The number of esters is 1. The molecule has 1 unspecified atom stereocenters. The number of likely N-dealkylation sites (N-methyl/N-ethyl adjacent to an activating group) is 1. The summed E-state index contributed by atoms with van der Waals surface area (Å²) in [6.07, 6.45) is 2.61. The first kappa shape index (κ1) is 18.5. The lowest BCUT2D eigenvalue weighted by Crippen LogP contribution is -2.51. The summed E-state index contributed by atoms with van der Waals surface area (Å²) < 4.78 is 5.13. The summed E-state index contributed by atoms with van der Waals surface area (Å²) >= 11 is 0. The maximum absolute atomic E-state index is 12.7. The molecule has 132 valence electrons. The number of ether oxygens (including phenoxy) is 1. The van der Waals surface area contributed by atoms with E-state index in [2.05, 4.69) is 19.1 Å². The van der Waals surface area contributed by atoms with Gasteiger partial charge in [-0.2, -0.15) is 0 Å². The van der Waals surface area contributed by atoms with Gasteiger partial charge in [-0.15, -0.1) is 0 Å². The highest BCUT2D eigenvalue weighted by atomic mass is 16.5. The fourth-order valence-corrected chi connectivity index (χ4v) is 3.17. The molecule has 1 heterocycles. The minimum Gasteiger partial charge on any atom is -0.464 e. The van der Waals surface area contributed by atoms with Crippen LogP contribution >= 0.6 is 0 Å². The third-order valence-electron chi connectivity index (χ3n) is 4.49. The molecule has 1 atom stereocenters. The van der Waals surface area contributed by atoms with Gasteiger partial charge < -0.3 is 9.64 Å². The van der Waals surface area contributed by atoms with Gasteiger partial charge in [0.15, 0.2) is 0 Å². The summed E-state index contributed by atoms with van der Waals surface area (Å²) in [5.74, 6) is -0.268. The van der Waals surface area contributed by atoms with Crippen LogP contribution in [0.15, 0.2) is 24.3 Å². The van der Waals surface area contributed by atoms with E-state index in [4.69, 9.17) is 4.74 Å². The molecule has 24 heavy (non-hydrogen) atoms. The van der Waals surface area contributed by atoms with Crippen molar-refractivity contribution in [2.24, 2.45) is 0 Å². The van der Waals surface area contributed by atoms with Crippen molar-refractivity contribution in [2.45, 2.75) is 45.7 Å². The first-order valence-electron chi connectivity index (χ1n) is 8.72. The zero-order valence-electron chi connectivity index (χ0n) is 15.0. The zero-order valence-corrected chi connectivity index (χ0v) is 15.0. The van der Waals surface area contributed by atoms with Crippen LogP contribution in [-0.4, -0.2) is 54.5 Å². The minimum absolute atomic E-state index is 0.00355. The van der Waals surface area contributed by atoms with E-state index in [1.165, 1.54) is 11.1 Å². The van der Waals surface area contributed by atoms with E-state index in [1.54, 1.807) is 11.8 Å². The van der Waals surface area contributed by atoms with Crippen LogP contribution in [0.4, 0.5) is 0 Å². The number of carbonyl (C=O) groups excluding carboxylic acids is 2. The van der Waals surface area contributed by atoms with Crippen molar-refractivity contribution in [3.05, 3.63) is 35.4 Å². The smallest absolute Gasteiger partial charge is 0.328 e. The molecule has 5 nitrogen and oxygen atoms in total. The fourth-order valence-electron chi connectivity index (χ4n) is 3.17. The number of amides is 1. The molecule has 1 aliphatic heterocycles. The van der Waals surface area contributed by atoms with E-state index < -0.39 is 6.04 Å². The lowest BCUT2D eigenvalue weighted by molar-refractivity contribution is -0.157. The van der Waals surface area contributed by atoms with Gasteiger partial charge in [0, 0.05) is 13.1 Å². The van der Waals surface area contributed by atoms with Gasteiger partial charge in [-0.25, -0.2) is 4.79 Å². The van der Waals surface area contributed by atoms with Crippen molar-refractivity contribution >= 4 is 11.9 Å². The molecule has 1 fully saturated rings. The minimum atomic E-state index is -0.418. The molecule has 1 aliphatic rings. The van der Waals surface area contributed by atoms with E-state index in [-0.39, 0.29) is 11.9 Å². The van der Waals surface area contributed by atoms with Crippen molar-refractivity contribution in [3.8, 4) is 0 Å². The monoisotopic (exact) mass is 332 g/mol. The molecule has 0 bridgehead atoms. The standard InChI is InChI=1S/C19H28N2O3/c1-4-24-19(23)17-11-7-8-12-21(17)18(22)14-20(3)13-16-10-6-5-9-15(16)2/h5-6,9-10,17H,4,7-8,11-14H2,1-3H3. The average molecular weight is 332 g/mol. The molecule has 0 spiro atoms. The predicted molar refractivity (Wildman–Crippen MR) is 93.5 cm³/mol. The van der Waals surface area contributed by atoms with Gasteiger partial charge in [-0.05, 0) is 51.3 Å². The topological polar surface area (TPSA) is 49.9 Å². The number of hydrogen-bond donors (Lipinski definition) is 0. The Hall–Kier alpha value is -1.88. The van der Waals surface area contributed by atoms with Crippen molar-refractivity contribution in [3.63, 3.8) is 0 Å². The number of nitrogens with zero attached hydrogens (tertiary/aromatic N) is 2. The molecule has 1 saturated heterocycles. The molecule has 0 saturated carbocycles. The Bertz CT molecular complexity index is 573. The SMILES string of the molecule is CCOC(=O)C1CCCCN1C(=O)CN(C)Cc1ccccc1C. The largest absolute Gasteiger partial charge is 0.464 e. The van der Waals surface area contributed by atoms with E-state index in [0.717, 1.165) is 19.4 Å². The second kappa shape index (κ2) is 8.83. The van der Waals surface area contributed by atoms with Crippen molar-refractivity contribution < 1.29 is 14.3 Å². The molecule has 0 N–H and O–H groups in total. The van der Waals surface area contributed by atoms with Crippen LogP contribution in [0.3, 0.4) is 0 Å². The fraction of sp³-hybridized carbons (Fsp3) is 0.579. The van der Waals surface area contributed by atoms with Gasteiger partial charge in [0.25, 0.3) is 0 Å². The molecular weight excluding hydrogens is 304 g/mol. The normalized spacial score (nSPS) is 17.8. The van der Waals surface area contributed by atoms with Crippen LogP contribution in [0.1, 0.15) is 37.3 Å². The highest BCUT2D eigenvalue weighted by Crippen LogP contribution is 2.19. The van der Waals surface area contributed by atoms with Crippen molar-refractivity contribution in [1.82, 2.24) is 9.80 Å². The zero-order chi connectivity index (χ0) is 17.5. The number of benzene rings is 1. The summed E-state index contributed by atoms with van der Waals surface area (Å²) in [5, 5.41) is 0. The Morgan fingerprint density at radius 1 is 1.29 bits per heavy atom. The Morgan fingerprint density at radius 2 is 2.04 bits per heavy atom. The maximum atomic E-state index is 12.7. The van der Waals surface area contributed by atoms with Gasteiger partial charge in [0.2, 0.25) is 5.91 Å². The number of rotatable bonds is 6. The Balaban J connectivity index is 1.96. The summed E-state index contributed by atoms with van der Waals surface area (Å²) in [4.78, 5) is 28.5. The maximum Gasteiger partial charge on any atom is 0.328 e. The molecule has 0 radical (unpaired) electrons. The first-order chi connectivity index (χ1) is 11.5. The lowest BCUT2D eigenvalue weighted by Gasteiger charge is -2.35. The van der Waals surface area contributed by atoms with Gasteiger partial charge in [0.05, 0.1) is 13.2 Å². The first-order valence-corrected chi connectivity index (χ1v) is 8.72. The number of likely N-dealkylation sites (tertiary alicyclic amines) is 1. The molecule has 2 rings (SSSR count). The van der Waals surface area contributed by atoms with Gasteiger partial charge >= 0.3 is 5.97 Å². The highest BCUT2D eigenvalue weighted by Gasteiger charge is 2.33. The van der Waals surface area contributed by atoms with Crippen molar-refractivity contribution in [1.29, 1.82) is 0 Å². The van der Waals surface area contributed by atoms with Crippen LogP contribution in [0.2, 0.25) is 0 Å². The second-order valence-corrected chi connectivity index (χ2v) is 6.45. The van der Waals surface area contributed by atoms with E-state index in [9.17, 15) is 9.59 Å². The summed E-state index contributed by atoms with van der Waals surface area (Å²) in [6.45, 7) is 5.89. The Morgan fingerprint density at radius 3 is 2.75 bits per heavy atom. The third-order valence-corrected chi connectivity index (χ3v) is 4.49. The molecule has 0 aliphatic carbocycles. The van der Waals surface area contributed by atoms with Crippen LogP contribution < -0.4 is 0 Å². The quantitative estimate of drug-likeness (QED) is 0.751. The third kappa shape index (κ3) is 4.81. The molecule has 1 amide bonds. The number of piperidine rings is 1. The number of hydrogen-bond acceptors (Lipinski definition) is 4. The van der Waals surface area contributed by atoms with Gasteiger partial charge in [0.1, 0.15) is 6.04 Å².